The molecule has 0 saturated carbocycles. The molecule has 1 heteroatoms. The minimum absolute atomic E-state index is 0.583. The summed E-state index contributed by atoms with van der Waals surface area (Å²) >= 11 is 0. The summed E-state index contributed by atoms with van der Waals surface area (Å²) in [4.78, 5) is 0. The van der Waals surface area contributed by atoms with Crippen molar-refractivity contribution in [3.63, 3.8) is 0 Å². The lowest BCUT2D eigenvalue weighted by atomic mass is 9.88. The molecule has 0 aliphatic carbocycles. The summed E-state index contributed by atoms with van der Waals surface area (Å²) in [5.41, 5.74) is 0.583. The standard InChI is InChI=1S/C7H16.C6H14O.2C6H14.C5H12/c1-5-7(3,4)6-2;1-3-5-7-6-4-2;1-4-5-6(2)3;1-4-6(3)5-2;1-4-5(2)3/h5-6H2,1-4H3;3-6H2,1-2H3;2*6H,4-5H2,1-3H3;5H,4H2,1-3H3. The van der Waals surface area contributed by atoms with E-state index in [0.29, 0.717) is 5.41 Å². The molecule has 0 heterocycles. The van der Waals surface area contributed by atoms with E-state index in [-0.39, 0.29) is 0 Å². The molecule has 0 N–H and O–H groups in total. The van der Waals surface area contributed by atoms with Gasteiger partial charge in [-0.2, -0.15) is 0 Å². The average Bonchev–Trinajstić information content (AvgIpc) is 2.75. The van der Waals surface area contributed by atoms with Gasteiger partial charge in [0.2, 0.25) is 0 Å². The molecule has 0 aromatic heterocycles. The quantitative estimate of drug-likeness (QED) is 0.287. The maximum Gasteiger partial charge on any atom is 0.0463 e. The van der Waals surface area contributed by atoms with Crippen molar-refractivity contribution in [2.45, 2.75) is 162 Å². The third-order valence-corrected chi connectivity index (χ3v) is 5.69. The number of rotatable bonds is 11. The van der Waals surface area contributed by atoms with Gasteiger partial charge in [-0.1, -0.05) is 149 Å². The van der Waals surface area contributed by atoms with Crippen molar-refractivity contribution in [3.8, 4) is 0 Å². The minimum atomic E-state index is 0.583. The second-order valence-corrected chi connectivity index (χ2v) is 10.4. The molecule has 0 aliphatic rings. The van der Waals surface area contributed by atoms with Gasteiger partial charge in [-0.05, 0) is 36.0 Å². The van der Waals surface area contributed by atoms with Crippen molar-refractivity contribution in [2.75, 3.05) is 13.2 Å². The Bertz CT molecular complexity index is 241. The van der Waals surface area contributed by atoms with Crippen LogP contribution in [0.3, 0.4) is 0 Å². The van der Waals surface area contributed by atoms with E-state index in [0.717, 1.165) is 43.8 Å². The summed E-state index contributed by atoms with van der Waals surface area (Å²) < 4.78 is 5.13. The van der Waals surface area contributed by atoms with E-state index in [1.807, 2.05) is 0 Å². The fourth-order valence-corrected chi connectivity index (χ4v) is 1.51. The van der Waals surface area contributed by atoms with E-state index in [9.17, 15) is 0 Å². The molecule has 0 unspecified atom stereocenters. The Morgan fingerprint density at radius 3 is 0.968 bits per heavy atom. The first-order chi connectivity index (χ1) is 14.4. The SMILES string of the molecule is CCC(C)(C)CC.CCC(C)C.CCC(C)CC.CCCC(C)C.CCCOCCC. The molecule has 0 bridgehead atoms. The summed E-state index contributed by atoms with van der Waals surface area (Å²) in [6.45, 7) is 35.3. The smallest absolute Gasteiger partial charge is 0.0463 e. The first-order valence-electron chi connectivity index (χ1n) is 14.0. The van der Waals surface area contributed by atoms with Gasteiger partial charge < -0.3 is 4.74 Å². The molecule has 0 radical (unpaired) electrons. The molecule has 0 aliphatic heterocycles. The highest BCUT2D eigenvalue weighted by atomic mass is 16.5. The van der Waals surface area contributed by atoms with E-state index < -0.39 is 0 Å². The van der Waals surface area contributed by atoms with Gasteiger partial charge in [0.1, 0.15) is 0 Å². The van der Waals surface area contributed by atoms with Gasteiger partial charge in [0.25, 0.3) is 0 Å². The molecular formula is C30H70O. The molecule has 31 heavy (non-hydrogen) atoms. The Hall–Kier alpha value is -0.0400. The van der Waals surface area contributed by atoms with Crippen LogP contribution in [0, 0.1) is 23.2 Å². The van der Waals surface area contributed by atoms with Gasteiger partial charge in [0, 0.05) is 13.2 Å². The van der Waals surface area contributed by atoms with Crippen LogP contribution in [0.5, 0.6) is 0 Å². The lowest BCUT2D eigenvalue weighted by molar-refractivity contribution is 0.135. The monoisotopic (exact) mass is 447 g/mol. The second-order valence-electron chi connectivity index (χ2n) is 10.4. The van der Waals surface area contributed by atoms with E-state index in [2.05, 4.69) is 104 Å². The molecule has 0 amide bonds. The lowest BCUT2D eigenvalue weighted by Gasteiger charge is -2.18. The number of hydrogen-bond acceptors (Lipinski definition) is 1. The third kappa shape index (κ3) is 65.2. The van der Waals surface area contributed by atoms with Crippen molar-refractivity contribution in [2.24, 2.45) is 23.2 Å². The van der Waals surface area contributed by atoms with Crippen molar-refractivity contribution >= 4 is 0 Å². The Labute approximate surface area is 202 Å². The molecule has 1 nitrogen and oxygen atoms in total. The molecule has 0 atom stereocenters. The second kappa shape index (κ2) is 34.6. The first kappa shape index (κ1) is 41.2. The highest BCUT2D eigenvalue weighted by molar-refractivity contribution is 4.61. The van der Waals surface area contributed by atoms with E-state index in [4.69, 9.17) is 4.74 Å². The van der Waals surface area contributed by atoms with Gasteiger partial charge in [-0.15, -0.1) is 0 Å². The Morgan fingerprint density at radius 2 is 0.903 bits per heavy atom. The van der Waals surface area contributed by atoms with Crippen molar-refractivity contribution in [1.29, 1.82) is 0 Å². The van der Waals surface area contributed by atoms with Crippen LogP contribution in [0.1, 0.15) is 162 Å². The number of hydrogen-bond donors (Lipinski definition) is 0. The highest BCUT2D eigenvalue weighted by Gasteiger charge is 2.09. The maximum absolute atomic E-state index is 5.13. The summed E-state index contributed by atoms with van der Waals surface area (Å²) in [5, 5.41) is 0. The predicted octanol–water partition coefficient (Wildman–Crippen LogP) is 11.6. The average molecular weight is 447 g/mol. The van der Waals surface area contributed by atoms with E-state index in [1.54, 1.807) is 0 Å². The zero-order chi connectivity index (χ0) is 25.7. The fraction of sp³-hybridized carbons (Fsp3) is 1.00. The molecule has 0 rings (SSSR count). The van der Waals surface area contributed by atoms with E-state index >= 15 is 0 Å². The molecule has 0 aromatic rings. The zero-order valence-corrected chi connectivity index (χ0v) is 25.4. The summed E-state index contributed by atoms with van der Waals surface area (Å²) in [7, 11) is 0. The Balaban J connectivity index is -0.0000000913. The van der Waals surface area contributed by atoms with Crippen molar-refractivity contribution in [1.82, 2.24) is 0 Å². The fourth-order valence-electron chi connectivity index (χ4n) is 1.51. The molecule has 0 spiro atoms. The summed E-state index contributed by atoms with van der Waals surface area (Å²) in [5.74, 6) is 2.72. The van der Waals surface area contributed by atoms with Crippen LogP contribution in [0.15, 0.2) is 0 Å². The Kier molecular flexibility index (Phi) is 46.0. The van der Waals surface area contributed by atoms with Crippen molar-refractivity contribution in [3.05, 3.63) is 0 Å². The van der Waals surface area contributed by atoms with Gasteiger partial charge in [-0.3, -0.25) is 0 Å². The third-order valence-electron chi connectivity index (χ3n) is 5.69. The van der Waals surface area contributed by atoms with Crippen LogP contribution in [0.4, 0.5) is 0 Å². The minimum Gasteiger partial charge on any atom is -0.381 e. The molecule has 0 saturated heterocycles. The molecule has 0 aromatic carbocycles. The van der Waals surface area contributed by atoms with Crippen LogP contribution in [-0.4, -0.2) is 13.2 Å². The van der Waals surface area contributed by atoms with Crippen LogP contribution in [-0.2, 0) is 4.74 Å². The summed E-state index contributed by atoms with van der Waals surface area (Å²) in [6, 6.07) is 0. The lowest BCUT2D eigenvalue weighted by Crippen LogP contribution is -2.05. The molecule has 0 fully saturated rings. The van der Waals surface area contributed by atoms with Crippen LogP contribution in [0.25, 0.3) is 0 Å². The maximum atomic E-state index is 5.13. The van der Waals surface area contributed by atoms with Gasteiger partial charge in [-0.25, -0.2) is 0 Å². The molecular weight excluding hydrogens is 376 g/mol. The predicted molar refractivity (Wildman–Crippen MR) is 150 cm³/mol. The Morgan fingerprint density at radius 1 is 0.548 bits per heavy atom. The van der Waals surface area contributed by atoms with E-state index in [1.165, 1.54) is 44.9 Å². The largest absolute Gasteiger partial charge is 0.381 e. The van der Waals surface area contributed by atoms with Gasteiger partial charge in [0.05, 0.1) is 0 Å². The van der Waals surface area contributed by atoms with Gasteiger partial charge in [0.15, 0.2) is 0 Å². The van der Waals surface area contributed by atoms with Crippen LogP contribution in [0.2, 0.25) is 0 Å². The van der Waals surface area contributed by atoms with Gasteiger partial charge >= 0.3 is 0 Å². The molecule has 196 valence electrons. The first-order valence-corrected chi connectivity index (χ1v) is 14.0. The number of ether oxygens (including phenoxy) is 1. The van der Waals surface area contributed by atoms with Crippen LogP contribution >= 0.6 is 0 Å². The van der Waals surface area contributed by atoms with Crippen molar-refractivity contribution < 1.29 is 4.74 Å². The highest BCUT2D eigenvalue weighted by Crippen LogP contribution is 2.22. The summed E-state index contributed by atoms with van der Waals surface area (Å²) in [6.07, 6.45) is 11.5. The topological polar surface area (TPSA) is 9.23 Å². The normalized spacial score (nSPS) is 10.3. The van der Waals surface area contributed by atoms with Crippen LogP contribution < -0.4 is 0 Å². The zero-order valence-electron chi connectivity index (χ0n) is 25.4.